The van der Waals surface area contributed by atoms with Gasteiger partial charge < -0.3 is 20.3 Å². The molecule has 0 unspecified atom stereocenters. The van der Waals surface area contributed by atoms with E-state index in [2.05, 4.69) is 22.8 Å². The van der Waals surface area contributed by atoms with E-state index in [4.69, 9.17) is 4.74 Å². The van der Waals surface area contributed by atoms with Crippen LogP contribution in [0.25, 0.3) is 0 Å². The molecular formula is C23H28FN3O3. The van der Waals surface area contributed by atoms with E-state index in [0.29, 0.717) is 38.1 Å². The van der Waals surface area contributed by atoms with Gasteiger partial charge in [-0.3, -0.25) is 4.79 Å². The Kier molecular flexibility index (Phi) is 7.65. The maximum absolute atomic E-state index is 13.8. The lowest BCUT2D eigenvalue weighted by Gasteiger charge is -2.29. The quantitative estimate of drug-likeness (QED) is 0.652. The van der Waals surface area contributed by atoms with Gasteiger partial charge in [0.1, 0.15) is 0 Å². The fourth-order valence-electron chi connectivity index (χ4n) is 3.48. The van der Waals surface area contributed by atoms with Crippen LogP contribution >= 0.6 is 0 Å². The number of hydrogen-bond acceptors (Lipinski definition) is 3. The number of urea groups is 1. The van der Waals surface area contributed by atoms with Crippen LogP contribution in [0, 0.1) is 5.82 Å². The minimum atomic E-state index is -0.449. The predicted molar refractivity (Wildman–Crippen MR) is 113 cm³/mol. The lowest BCUT2D eigenvalue weighted by Crippen LogP contribution is -2.37. The van der Waals surface area contributed by atoms with Gasteiger partial charge in [0.15, 0.2) is 11.6 Å². The summed E-state index contributed by atoms with van der Waals surface area (Å²) in [5, 5.41) is 5.42. The van der Waals surface area contributed by atoms with E-state index in [0.717, 1.165) is 13.0 Å². The van der Waals surface area contributed by atoms with Gasteiger partial charge in [-0.15, -0.1) is 0 Å². The number of hydrogen-bond donors (Lipinski definition) is 2. The molecule has 0 atom stereocenters. The normalized spacial score (nSPS) is 12.8. The van der Waals surface area contributed by atoms with Crippen LogP contribution in [0.3, 0.4) is 0 Å². The van der Waals surface area contributed by atoms with Gasteiger partial charge in [-0.2, -0.15) is 0 Å². The van der Waals surface area contributed by atoms with Crippen LogP contribution in [0.15, 0.2) is 42.5 Å². The molecule has 1 aliphatic heterocycles. The standard InChI is InChI=1S/C23H28FN3O3/c1-2-30-21-10-9-17(14-20(21)24)15-26-23(29)25-12-5-8-22(28)27-13-11-18-6-3-4-7-19(18)16-27/h3-4,6-7,9-10,14H,2,5,8,11-13,15-16H2,1H3,(H2,25,26,29). The van der Waals surface area contributed by atoms with Gasteiger partial charge in [0.2, 0.25) is 5.91 Å². The van der Waals surface area contributed by atoms with Gasteiger partial charge in [0.05, 0.1) is 6.61 Å². The summed E-state index contributed by atoms with van der Waals surface area (Å²) in [6.45, 7) is 4.19. The zero-order valence-electron chi connectivity index (χ0n) is 17.2. The highest BCUT2D eigenvalue weighted by molar-refractivity contribution is 5.77. The number of nitrogens with one attached hydrogen (secondary N) is 2. The van der Waals surface area contributed by atoms with Crippen LogP contribution < -0.4 is 15.4 Å². The van der Waals surface area contributed by atoms with Gasteiger partial charge in [-0.05, 0) is 48.6 Å². The van der Waals surface area contributed by atoms with Crippen molar-refractivity contribution in [3.8, 4) is 5.75 Å². The van der Waals surface area contributed by atoms with Gasteiger partial charge in [0.25, 0.3) is 0 Å². The molecule has 6 nitrogen and oxygen atoms in total. The molecule has 0 fully saturated rings. The van der Waals surface area contributed by atoms with Crippen molar-refractivity contribution in [1.29, 1.82) is 0 Å². The lowest BCUT2D eigenvalue weighted by atomic mass is 9.99. The highest BCUT2D eigenvalue weighted by atomic mass is 19.1. The van der Waals surface area contributed by atoms with Crippen molar-refractivity contribution < 1.29 is 18.7 Å². The first kappa shape index (κ1) is 21.6. The minimum Gasteiger partial charge on any atom is -0.491 e. The number of ether oxygens (including phenoxy) is 1. The molecule has 0 saturated heterocycles. The molecule has 0 aromatic heterocycles. The van der Waals surface area contributed by atoms with Gasteiger partial charge in [-0.25, -0.2) is 9.18 Å². The summed E-state index contributed by atoms with van der Waals surface area (Å²) in [4.78, 5) is 26.2. The van der Waals surface area contributed by atoms with Crippen molar-refractivity contribution in [2.75, 3.05) is 19.7 Å². The first-order valence-corrected chi connectivity index (χ1v) is 10.3. The topological polar surface area (TPSA) is 70.7 Å². The molecule has 0 radical (unpaired) electrons. The summed E-state index contributed by atoms with van der Waals surface area (Å²) < 4.78 is 19.0. The Hall–Kier alpha value is -3.09. The van der Waals surface area contributed by atoms with Gasteiger partial charge in [-0.1, -0.05) is 30.3 Å². The molecule has 160 valence electrons. The fourth-order valence-corrected chi connectivity index (χ4v) is 3.48. The van der Waals surface area contributed by atoms with Crippen molar-refractivity contribution in [1.82, 2.24) is 15.5 Å². The highest BCUT2D eigenvalue weighted by Crippen LogP contribution is 2.19. The molecule has 2 aromatic carbocycles. The first-order chi connectivity index (χ1) is 14.6. The van der Waals surface area contributed by atoms with Crippen molar-refractivity contribution in [3.05, 3.63) is 65.0 Å². The van der Waals surface area contributed by atoms with Crippen molar-refractivity contribution in [2.45, 2.75) is 39.3 Å². The van der Waals surface area contributed by atoms with E-state index in [1.165, 1.54) is 17.2 Å². The van der Waals surface area contributed by atoms with E-state index in [1.54, 1.807) is 19.1 Å². The number of halogens is 1. The molecule has 3 amide bonds. The number of carbonyl (C=O) groups is 2. The lowest BCUT2D eigenvalue weighted by molar-refractivity contribution is -0.132. The van der Waals surface area contributed by atoms with Crippen LogP contribution in [-0.2, 0) is 24.3 Å². The van der Waals surface area contributed by atoms with Crippen LogP contribution in [0.4, 0.5) is 9.18 Å². The van der Waals surface area contributed by atoms with Crippen LogP contribution in [0.5, 0.6) is 5.75 Å². The Morgan fingerprint density at radius 1 is 1.13 bits per heavy atom. The molecular weight excluding hydrogens is 385 g/mol. The maximum Gasteiger partial charge on any atom is 0.315 e. The third-order valence-corrected chi connectivity index (χ3v) is 5.09. The zero-order chi connectivity index (χ0) is 21.3. The summed E-state index contributed by atoms with van der Waals surface area (Å²) in [7, 11) is 0. The van der Waals surface area contributed by atoms with Crippen LogP contribution in [0.1, 0.15) is 36.5 Å². The van der Waals surface area contributed by atoms with Crippen molar-refractivity contribution >= 4 is 11.9 Å². The zero-order valence-corrected chi connectivity index (χ0v) is 17.2. The van der Waals surface area contributed by atoms with Gasteiger partial charge >= 0.3 is 6.03 Å². The molecule has 2 N–H and O–H groups in total. The monoisotopic (exact) mass is 413 g/mol. The third-order valence-electron chi connectivity index (χ3n) is 5.09. The summed E-state index contributed by atoms with van der Waals surface area (Å²) in [6, 6.07) is 12.5. The third kappa shape index (κ3) is 5.95. The molecule has 1 heterocycles. The second-order valence-corrected chi connectivity index (χ2v) is 7.24. The Bertz CT molecular complexity index is 888. The second-order valence-electron chi connectivity index (χ2n) is 7.24. The molecule has 1 aliphatic rings. The molecule has 0 spiro atoms. The Morgan fingerprint density at radius 3 is 2.70 bits per heavy atom. The summed E-state index contributed by atoms with van der Waals surface area (Å²) in [5.74, 6) is -0.139. The highest BCUT2D eigenvalue weighted by Gasteiger charge is 2.19. The Balaban J connectivity index is 1.33. The maximum atomic E-state index is 13.8. The van der Waals surface area contributed by atoms with E-state index in [-0.39, 0.29) is 24.2 Å². The predicted octanol–water partition coefficient (Wildman–Crippen LogP) is 3.39. The summed E-state index contributed by atoms with van der Waals surface area (Å²) in [6.07, 6.45) is 1.85. The fraction of sp³-hybridized carbons (Fsp3) is 0.391. The van der Waals surface area contributed by atoms with E-state index >= 15 is 0 Å². The molecule has 30 heavy (non-hydrogen) atoms. The average molecular weight is 413 g/mol. The van der Waals surface area contributed by atoms with E-state index in [1.807, 2.05) is 17.0 Å². The summed E-state index contributed by atoms with van der Waals surface area (Å²) in [5.41, 5.74) is 3.17. The molecule has 7 heteroatoms. The SMILES string of the molecule is CCOc1ccc(CNC(=O)NCCCC(=O)N2CCc3ccccc3C2)cc1F. The molecule has 2 aromatic rings. The smallest absolute Gasteiger partial charge is 0.315 e. The largest absolute Gasteiger partial charge is 0.491 e. The number of amides is 3. The summed E-state index contributed by atoms with van der Waals surface area (Å²) >= 11 is 0. The van der Waals surface area contributed by atoms with Crippen molar-refractivity contribution in [3.63, 3.8) is 0 Å². The Morgan fingerprint density at radius 2 is 1.93 bits per heavy atom. The number of rotatable bonds is 8. The number of fused-ring (bicyclic) bond motifs is 1. The van der Waals surface area contributed by atoms with E-state index < -0.39 is 5.82 Å². The molecule has 0 bridgehead atoms. The first-order valence-electron chi connectivity index (χ1n) is 10.3. The molecule has 3 rings (SSSR count). The van der Waals surface area contributed by atoms with Crippen molar-refractivity contribution in [2.24, 2.45) is 0 Å². The van der Waals surface area contributed by atoms with Crippen LogP contribution in [-0.4, -0.2) is 36.5 Å². The molecule has 0 saturated carbocycles. The Labute approximate surface area is 176 Å². The van der Waals surface area contributed by atoms with E-state index in [9.17, 15) is 14.0 Å². The van der Waals surface area contributed by atoms with Gasteiger partial charge in [0, 0.05) is 32.6 Å². The number of benzene rings is 2. The second kappa shape index (κ2) is 10.6. The molecule has 0 aliphatic carbocycles. The number of nitrogens with zero attached hydrogens (tertiary/aromatic N) is 1. The minimum absolute atomic E-state index is 0.108. The number of carbonyl (C=O) groups excluding carboxylic acids is 2. The average Bonchev–Trinajstić information content (AvgIpc) is 2.76. The van der Waals surface area contributed by atoms with Crippen LogP contribution in [0.2, 0.25) is 0 Å².